The zero-order chi connectivity index (χ0) is 14.6. The number of nitrogens with one attached hydrogen (secondary N) is 1. The number of hydrogen-bond acceptors (Lipinski definition) is 5. The number of carboxylic acids is 1. The van der Waals surface area contributed by atoms with Gasteiger partial charge in [-0.2, -0.15) is 0 Å². The zero-order valence-corrected chi connectivity index (χ0v) is 10.6. The molecule has 0 aliphatic carbocycles. The summed E-state index contributed by atoms with van der Waals surface area (Å²) in [7, 11) is 0. The number of amides is 1. The maximum atomic E-state index is 10.9. The number of rotatable bonds is 5. The minimum atomic E-state index is -1.41. The Morgan fingerprint density at radius 2 is 2.00 bits per heavy atom. The van der Waals surface area contributed by atoms with Crippen LogP contribution in [-0.2, 0) is 9.59 Å². The summed E-state index contributed by atoms with van der Waals surface area (Å²) >= 11 is 0. The number of aliphatic hydroxyl groups excluding tert-OH is 2. The van der Waals surface area contributed by atoms with Crippen molar-refractivity contribution in [2.24, 2.45) is 0 Å². The van der Waals surface area contributed by atoms with E-state index in [1.54, 1.807) is 6.92 Å². The van der Waals surface area contributed by atoms with E-state index in [1.807, 2.05) is 0 Å². The first-order valence-electron chi connectivity index (χ1n) is 5.64. The largest absolute Gasteiger partial charge is 0.481 e. The van der Waals surface area contributed by atoms with Crippen molar-refractivity contribution in [1.29, 1.82) is 0 Å². The van der Waals surface area contributed by atoms with E-state index in [0.29, 0.717) is 17.1 Å². The summed E-state index contributed by atoms with van der Waals surface area (Å²) in [5.74, 6) is -1.15. The molecule has 0 radical (unpaired) electrons. The number of aliphatic carboxylic acids is 1. The number of pyridine rings is 1. The molecule has 104 valence electrons. The summed E-state index contributed by atoms with van der Waals surface area (Å²) in [6, 6.07) is 2.96. The first kappa shape index (κ1) is 15.1. The van der Waals surface area contributed by atoms with E-state index >= 15 is 0 Å². The van der Waals surface area contributed by atoms with E-state index in [0.717, 1.165) is 0 Å². The van der Waals surface area contributed by atoms with Crippen LogP contribution in [0.4, 0.5) is 5.82 Å². The second-order valence-electron chi connectivity index (χ2n) is 4.16. The molecule has 7 heteroatoms. The maximum absolute atomic E-state index is 10.9. The second-order valence-corrected chi connectivity index (χ2v) is 4.16. The highest BCUT2D eigenvalue weighted by Gasteiger charge is 2.23. The van der Waals surface area contributed by atoms with E-state index in [2.05, 4.69) is 10.3 Å². The van der Waals surface area contributed by atoms with Gasteiger partial charge in [0.05, 0.1) is 12.5 Å². The molecule has 1 heterocycles. The predicted molar refractivity (Wildman–Crippen MR) is 66.5 cm³/mol. The number of hydrogen-bond donors (Lipinski definition) is 4. The normalized spacial score (nSPS) is 13.7. The van der Waals surface area contributed by atoms with Crippen molar-refractivity contribution < 1.29 is 24.9 Å². The molecule has 0 saturated heterocycles. The molecule has 2 atom stereocenters. The van der Waals surface area contributed by atoms with Crippen molar-refractivity contribution in [1.82, 2.24) is 4.98 Å². The van der Waals surface area contributed by atoms with Gasteiger partial charge >= 0.3 is 5.97 Å². The molecule has 19 heavy (non-hydrogen) atoms. The molecule has 1 aromatic rings. The third kappa shape index (κ3) is 4.31. The molecule has 0 aromatic carbocycles. The molecular formula is C12H16N2O5. The highest BCUT2D eigenvalue weighted by atomic mass is 16.4. The summed E-state index contributed by atoms with van der Waals surface area (Å²) in [5.41, 5.74) is 0.728. The first-order chi connectivity index (χ1) is 8.81. The fourth-order valence-electron chi connectivity index (χ4n) is 1.63. The molecule has 0 aliphatic heterocycles. The Morgan fingerprint density at radius 1 is 1.37 bits per heavy atom. The average molecular weight is 268 g/mol. The predicted octanol–water partition coefficient (Wildman–Crippen LogP) is 0.217. The number of nitrogens with zero attached hydrogens (tertiary/aromatic N) is 1. The van der Waals surface area contributed by atoms with Crippen LogP contribution in [0.3, 0.4) is 0 Å². The summed E-state index contributed by atoms with van der Waals surface area (Å²) < 4.78 is 0. The quantitative estimate of drug-likeness (QED) is 0.606. The molecule has 2 unspecified atom stereocenters. The summed E-state index contributed by atoms with van der Waals surface area (Å²) in [4.78, 5) is 25.4. The van der Waals surface area contributed by atoms with Crippen LogP contribution >= 0.6 is 0 Å². The molecule has 0 aliphatic rings. The Labute approximate surface area is 109 Å². The lowest BCUT2D eigenvalue weighted by Gasteiger charge is -2.18. The standard InChI is InChI=1S/C12H16N2O5/c1-6-8(12(19)9(16)5-11(17)18)3-4-10(13-6)14-7(2)15/h3-4,9,12,16,19H,5H2,1-2H3,(H,17,18)(H,13,14,15). The van der Waals surface area contributed by atoms with Gasteiger partial charge in [-0.05, 0) is 13.0 Å². The molecule has 1 amide bonds. The van der Waals surface area contributed by atoms with Crippen LogP contribution in [0.25, 0.3) is 0 Å². The highest BCUT2D eigenvalue weighted by Crippen LogP contribution is 2.22. The SMILES string of the molecule is CC(=O)Nc1ccc(C(O)C(O)CC(=O)O)c(C)n1. The summed E-state index contributed by atoms with van der Waals surface area (Å²) in [5, 5.41) is 30.4. The topological polar surface area (TPSA) is 120 Å². The van der Waals surface area contributed by atoms with Crippen LogP contribution in [-0.4, -0.2) is 38.3 Å². The summed E-state index contributed by atoms with van der Waals surface area (Å²) in [6.45, 7) is 2.94. The third-order valence-corrected chi connectivity index (χ3v) is 2.50. The molecule has 0 saturated carbocycles. The van der Waals surface area contributed by atoms with Crippen LogP contribution in [0, 0.1) is 6.92 Å². The Hall–Kier alpha value is -1.99. The van der Waals surface area contributed by atoms with Crippen molar-refractivity contribution in [3.05, 3.63) is 23.4 Å². The van der Waals surface area contributed by atoms with Gasteiger partial charge < -0.3 is 20.6 Å². The Kier molecular flexibility index (Phi) is 4.96. The molecule has 0 fully saturated rings. The number of carboxylic acid groups (broad SMARTS) is 1. The monoisotopic (exact) mass is 268 g/mol. The van der Waals surface area contributed by atoms with E-state index in [-0.39, 0.29) is 5.91 Å². The van der Waals surface area contributed by atoms with Crippen LogP contribution < -0.4 is 5.32 Å². The molecule has 0 bridgehead atoms. The van der Waals surface area contributed by atoms with Gasteiger partial charge in [0.1, 0.15) is 11.9 Å². The highest BCUT2D eigenvalue weighted by molar-refractivity contribution is 5.87. The summed E-state index contributed by atoms with van der Waals surface area (Å²) in [6.07, 6.45) is -3.31. The van der Waals surface area contributed by atoms with Crippen molar-refractivity contribution >= 4 is 17.7 Å². The van der Waals surface area contributed by atoms with E-state index in [1.165, 1.54) is 19.1 Å². The second kappa shape index (κ2) is 6.26. The lowest BCUT2D eigenvalue weighted by Crippen LogP contribution is -2.23. The average Bonchev–Trinajstić information content (AvgIpc) is 2.26. The van der Waals surface area contributed by atoms with Crippen LogP contribution in [0.2, 0.25) is 0 Å². The van der Waals surface area contributed by atoms with Crippen molar-refractivity contribution in [3.63, 3.8) is 0 Å². The zero-order valence-electron chi connectivity index (χ0n) is 10.6. The van der Waals surface area contributed by atoms with Crippen molar-refractivity contribution in [2.75, 3.05) is 5.32 Å². The minimum absolute atomic E-state index is 0.272. The van der Waals surface area contributed by atoms with Crippen LogP contribution in [0.1, 0.15) is 30.7 Å². The Bertz CT molecular complexity index is 489. The lowest BCUT2D eigenvalue weighted by molar-refractivity contribution is -0.141. The van der Waals surface area contributed by atoms with Gasteiger partial charge in [-0.1, -0.05) is 6.07 Å². The fourth-order valence-corrected chi connectivity index (χ4v) is 1.63. The molecule has 1 aromatic heterocycles. The van der Waals surface area contributed by atoms with Crippen LogP contribution in [0.5, 0.6) is 0 Å². The Morgan fingerprint density at radius 3 is 2.47 bits per heavy atom. The number of carbonyl (C=O) groups excluding carboxylic acids is 1. The number of aliphatic hydroxyl groups is 2. The molecule has 4 N–H and O–H groups in total. The van der Waals surface area contributed by atoms with E-state index < -0.39 is 24.6 Å². The van der Waals surface area contributed by atoms with Gasteiger partial charge in [0.15, 0.2) is 0 Å². The lowest BCUT2D eigenvalue weighted by atomic mass is 10.0. The van der Waals surface area contributed by atoms with Gasteiger partial charge in [0.25, 0.3) is 0 Å². The number of anilines is 1. The minimum Gasteiger partial charge on any atom is -0.481 e. The van der Waals surface area contributed by atoms with Gasteiger partial charge in [-0.25, -0.2) is 4.98 Å². The van der Waals surface area contributed by atoms with Crippen molar-refractivity contribution in [3.8, 4) is 0 Å². The molecular weight excluding hydrogens is 252 g/mol. The van der Waals surface area contributed by atoms with E-state index in [9.17, 15) is 19.8 Å². The van der Waals surface area contributed by atoms with E-state index in [4.69, 9.17) is 5.11 Å². The first-order valence-corrected chi connectivity index (χ1v) is 5.64. The number of aromatic nitrogens is 1. The number of aryl methyl sites for hydroxylation is 1. The van der Waals surface area contributed by atoms with Crippen molar-refractivity contribution in [2.45, 2.75) is 32.5 Å². The molecule has 0 spiro atoms. The van der Waals surface area contributed by atoms with Gasteiger partial charge in [-0.15, -0.1) is 0 Å². The third-order valence-electron chi connectivity index (χ3n) is 2.50. The van der Waals surface area contributed by atoms with Gasteiger partial charge in [0, 0.05) is 18.2 Å². The molecule has 1 rings (SSSR count). The fraction of sp³-hybridized carbons (Fsp3) is 0.417. The van der Waals surface area contributed by atoms with Gasteiger partial charge in [-0.3, -0.25) is 9.59 Å². The maximum Gasteiger partial charge on any atom is 0.306 e. The molecule has 7 nitrogen and oxygen atoms in total. The number of carbonyl (C=O) groups is 2. The smallest absolute Gasteiger partial charge is 0.306 e. The Balaban J connectivity index is 2.89. The van der Waals surface area contributed by atoms with Gasteiger partial charge in [0.2, 0.25) is 5.91 Å². The van der Waals surface area contributed by atoms with Crippen LogP contribution in [0.15, 0.2) is 12.1 Å².